The highest BCUT2D eigenvalue weighted by atomic mass is 16.5. The third kappa shape index (κ3) is 2.33. The van der Waals surface area contributed by atoms with Crippen LogP contribution in [-0.4, -0.2) is 13.1 Å². The topological polar surface area (TPSA) is 61.3 Å². The normalized spacial score (nSPS) is 9.07. The Hall–Kier alpha value is -1.35. The smallest absolute Gasteiger partial charge is 0.338 e. The van der Waals surface area contributed by atoms with Crippen LogP contribution >= 0.6 is 0 Å². The summed E-state index contributed by atoms with van der Waals surface area (Å²) in [6.07, 6.45) is 0.858. The molecule has 0 spiro atoms. The molecule has 0 saturated carbocycles. The van der Waals surface area contributed by atoms with Crippen LogP contribution in [0.15, 0.2) is 18.2 Å². The van der Waals surface area contributed by atoms with Crippen molar-refractivity contribution in [3.8, 4) is 0 Å². The Morgan fingerprint density at radius 2 is 2.07 bits per heavy atom. The van der Waals surface area contributed by atoms with Crippen molar-refractivity contribution in [1.29, 1.82) is 0 Å². The number of esters is 1. The Bertz CT molecular complexity index is 321. The van der Waals surface area contributed by atoms with Crippen LogP contribution < -0.4 is 6.15 Å². The molecule has 0 aliphatic heterocycles. The van der Waals surface area contributed by atoms with Gasteiger partial charge >= 0.3 is 5.97 Å². The predicted octanol–water partition coefficient (Wildman–Crippen LogP) is 2.51. The lowest BCUT2D eigenvalue weighted by molar-refractivity contribution is 0.0599. The fourth-order valence-electron chi connectivity index (χ4n) is 1.47. The van der Waals surface area contributed by atoms with Crippen LogP contribution in [0.3, 0.4) is 0 Å². The number of carbonyl (C=O) groups is 1. The number of carbonyl (C=O) groups excluding carboxylic acids is 1. The van der Waals surface area contributed by atoms with Crippen LogP contribution in [0.2, 0.25) is 0 Å². The number of methoxy groups -OCH3 is 1. The molecule has 1 rings (SSSR count). The van der Waals surface area contributed by atoms with Crippen molar-refractivity contribution in [2.24, 2.45) is 0 Å². The summed E-state index contributed by atoms with van der Waals surface area (Å²) in [5, 5.41) is 0. The average molecular weight is 195 g/mol. The first-order chi connectivity index (χ1) is 6.20. The van der Waals surface area contributed by atoms with Crippen molar-refractivity contribution < 1.29 is 9.53 Å². The summed E-state index contributed by atoms with van der Waals surface area (Å²) in [4.78, 5) is 11.3. The van der Waals surface area contributed by atoms with Gasteiger partial charge in [0.2, 0.25) is 0 Å². The Balaban J connectivity index is 0.00000169. The molecule has 3 N–H and O–H groups in total. The molecule has 0 bridgehead atoms. The second-order valence-corrected chi connectivity index (χ2v) is 2.95. The van der Waals surface area contributed by atoms with E-state index in [0.717, 1.165) is 17.5 Å². The van der Waals surface area contributed by atoms with E-state index in [-0.39, 0.29) is 12.1 Å². The van der Waals surface area contributed by atoms with Crippen LogP contribution in [0.5, 0.6) is 0 Å². The van der Waals surface area contributed by atoms with Crippen molar-refractivity contribution in [1.82, 2.24) is 6.15 Å². The molecule has 14 heavy (non-hydrogen) atoms. The van der Waals surface area contributed by atoms with Crippen LogP contribution in [0.25, 0.3) is 0 Å². The summed E-state index contributed by atoms with van der Waals surface area (Å²) in [5.74, 6) is -0.249. The molecule has 0 unspecified atom stereocenters. The zero-order valence-electron chi connectivity index (χ0n) is 8.96. The van der Waals surface area contributed by atoms with Crippen molar-refractivity contribution in [3.63, 3.8) is 0 Å². The van der Waals surface area contributed by atoms with E-state index in [4.69, 9.17) is 4.74 Å². The fraction of sp³-hybridized carbons (Fsp3) is 0.364. The van der Waals surface area contributed by atoms with Gasteiger partial charge in [-0.3, -0.25) is 0 Å². The third-order valence-corrected chi connectivity index (χ3v) is 2.17. The zero-order chi connectivity index (χ0) is 9.84. The number of benzene rings is 1. The Labute approximate surface area is 84.7 Å². The monoisotopic (exact) mass is 195 g/mol. The molecule has 0 fully saturated rings. The van der Waals surface area contributed by atoms with Gasteiger partial charge in [-0.05, 0) is 30.5 Å². The van der Waals surface area contributed by atoms with Crippen LogP contribution in [-0.2, 0) is 11.2 Å². The number of aryl methyl sites for hydroxylation is 1. The summed E-state index contributed by atoms with van der Waals surface area (Å²) in [7, 11) is 1.41. The highest BCUT2D eigenvalue weighted by Crippen LogP contribution is 2.15. The number of hydrogen-bond acceptors (Lipinski definition) is 3. The molecule has 1 aromatic rings. The maximum Gasteiger partial charge on any atom is 0.338 e. The van der Waals surface area contributed by atoms with Gasteiger partial charge in [0, 0.05) is 0 Å². The molecule has 1 aromatic carbocycles. The van der Waals surface area contributed by atoms with Crippen molar-refractivity contribution in [2.75, 3.05) is 7.11 Å². The van der Waals surface area contributed by atoms with Gasteiger partial charge < -0.3 is 10.9 Å². The first-order valence-electron chi connectivity index (χ1n) is 4.37. The molecule has 0 radical (unpaired) electrons. The van der Waals surface area contributed by atoms with Crippen LogP contribution in [0.1, 0.15) is 28.4 Å². The number of rotatable bonds is 2. The Morgan fingerprint density at radius 3 is 2.57 bits per heavy atom. The second-order valence-electron chi connectivity index (χ2n) is 2.95. The minimum absolute atomic E-state index is 0. The molecular formula is C11H17NO2. The largest absolute Gasteiger partial charge is 0.465 e. The van der Waals surface area contributed by atoms with E-state index in [9.17, 15) is 4.79 Å². The molecule has 0 aliphatic carbocycles. The molecule has 0 saturated heterocycles. The van der Waals surface area contributed by atoms with E-state index in [2.05, 4.69) is 0 Å². The van der Waals surface area contributed by atoms with Crippen molar-refractivity contribution in [2.45, 2.75) is 20.3 Å². The van der Waals surface area contributed by atoms with Gasteiger partial charge in [-0.1, -0.05) is 19.1 Å². The summed E-state index contributed by atoms with van der Waals surface area (Å²) >= 11 is 0. The molecule has 0 aliphatic rings. The van der Waals surface area contributed by atoms with Gasteiger partial charge in [-0.2, -0.15) is 0 Å². The van der Waals surface area contributed by atoms with Gasteiger partial charge in [0.25, 0.3) is 0 Å². The standard InChI is InChI=1S/C11H14O2.H3N/c1-4-9-8(2)6-5-7-10(9)11(12)13-3;/h5-7H,4H2,1-3H3;1H3. The van der Waals surface area contributed by atoms with E-state index in [0.29, 0.717) is 5.56 Å². The van der Waals surface area contributed by atoms with Crippen LogP contribution in [0, 0.1) is 6.92 Å². The molecule has 0 atom stereocenters. The lowest BCUT2D eigenvalue weighted by atomic mass is 10.00. The van der Waals surface area contributed by atoms with E-state index >= 15 is 0 Å². The lowest BCUT2D eigenvalue weighted by Crippen LogP contribution is -2.06. The van der Waals surface area contributed by atoms with E-state index in [1.54, 1.807) is 6.07 Å². The second kappa shape index (κ2) is 5.40. The van der Waals surface area contributed by atoms with Gasteiger partial charge in [-0.25, -0.2) is 4.79 Å². The van der Waals surface area contributed by atoms with Crippen LogP contribution in [0.4, 0.5) is 0 Å². The quantitative estimate of drug-likeness (QED) is 0.737. The highest BCUT2D eigenvalue weighted by Gasteiger charge is 2.11. The fourth-order valence-corrected chi connectivity index (χ4v) is 1.47. The first kappa shape index (κ1) is 12.7. The van der Waals surface area contributed by atoms with Gasteiger partial charge in [0.05, 0.1) is 12.7 Å². The molecule has 0 amide bonds. The summed E-state index contributed by atoms with van der Waals surface area (Å²) in [6.45, 7) is 4.04. The highest BCUT2D eigenvalue weighted by molar-refractivity contribution is 5.91. The predicted molar refractivity (Wildman–Crippen MR) is 56.9 cm³/mol. The SMILES string of the molecule is CCc1c(C)cccc1C(=O)OC.N. The first-order valence-corrected chi connectivity index (χ1v) is 4.37. The minimum atomic E-state index is -0.249. The average Bonchev–Trinajstić information content (AvgIpc) is 2.16. The summed E-state index contributed by atoms with van der Waals surface area (Å²) < 4.78 is 4.69. The van der Waals surface area contributed by atoms with Gasteiger partial charge in [-0.15, -0.1) is 0 Å². The molecule has 3 heteroatoms. The molecule has 0 heterocycles. The maximum atomic E-state index is 11.3. The summed E-state index contributed by atoms with van der Waals surface area (Å²) in [6, 6.07) is 5.68. The summed E-state index contributed by atoms with van der Waals surface area (Å²) in [5.41, 5.74) is 2.91. The Kier molecular flexibility index (Phi) is 4.87. The molecule has 3 nitrogen and oxygen atoms in total. The maximum absolute atomic E-state index is 11.3. The van der Waals surface area contributed by atoms with E-state index < -0.39 is 0 Å². The number of ether oxygens (including phenoxy) is 1. The molecule has 0 aromatic heterocycles. The zero-order valence-corrected chi connectivity index (χ0v) is 8.96. The number of hydrogen-bond donors (Lipinski definition) is 1. The van der Waals surface area contributed by atoms with Gasteiger partial charge in [0.15, 0.2) is 0 Å². The lowest BCUT2D eigenvalue weighted by Gasteiger charge is -2.08. The van der Waals surface area contributed by atoms with Gasteiger partial charge in [0.1, 0.15) is 0 Å². The van der Waals surface area contributed by atoms with Crippen molar-refractivity contribution in [3.05, 3.63) is 34.9 Å². The molecular weight excluding hydrogens is 178 g/mol. The third-order valence-electron chi connectivity index (χ3n) is 2.17. The Morgan fingerprint density at radius 1 is 1.43 bits per heavy atom. The van der Waals surface area contributed by atoms with E-state index in [1.807, 2.05) is 26.0 Å². The van der Waals surface area contributed by atoms with E-state index in [1.165, 1.54) is 7.11 Å². The molecule has 78 valence electrons. The van der Waals surface area contributed by atoms with Crippen molar-refractivity contribution >= 4 is 5.97 Å². The minimum Gasteiger partial charge on any atom is -0.465 e.